The molecule has 1 aliphatic carbocycles. The Balaban J connectivity index is 1.98. The Labute approximate surface area is 122 Å². The van der Waals surface area contributed by atoms with Gasteiger partial charge in [0.15, 0.2) is 0 Å². The number of benzene rings is 1. The monoisotopic (exact) mass is 279 g/mol. The van der Waals surface area contributed by atoms with E-state index in [1.807, 2.05) is 12.1 Å². The maximum absolute atomic E-state index is 5.43. The zero-order valence-corrected chi connectivity index (χ0v) is 13.0. The van der Waals surface area contributed by atoms with Crippen LogP contribution in [0.25, 0.3) is 0 Å². The Morgan fingerprint density at radius 3 is 2.58 bits per heavy atom. The van der Waals surface area contributed by atoms with E-state index in [0.717, 1.165) is 24.6 Å². The number of ether oxygens (including phenoxy) is 1. The van der Waals surface area contributed by atoms with Crippen LogP contribution in [0.4, 0.5) is 0 Å². The summed E-state index contributed by atoms with van der Waals surface area (Å²) in [6.07, 6.45) is 5.38. The van der Waals surface area contributed by atoms with E-state index in [4.69, 9.17) is 4.74 Å². The molecule has 3 heteroatoms. The van der Waals surface area contributed by atoms with Gasteiger partial charge in [-0.25, -0.2) is 0 Å². The van der Waals surface area contributed by atoms with E-state index in [9.17, 15) is 0 Å². The lowest BCUT2D eigenvalue weighted by atomic mass is 9.88. The summed E-state index contributed by atoms with van der Waals surface area (Å²) in [6.45, 7) is 2.08. The summed E-state index contributed by atoms with van der Waals surface area (Å²) < 4.78 is 5.43. The van der Waals surface area contributed by atoms with Crippen LogP contribution >= 0.6 is 12.6 Å². The molecule has 0 aromatic heterocycles. The molecule has 0 bridgehead atoms. The third kappa shape index (κ3) is 3.67. The highest BCUT2D eigenvalue weighted by atomic mass is 32.1. The molecule has 0 N–H and O–H groups in total. The Hall–Kier alpha value is -0.670. The third-order valence-corrected chi connectivity index (χ3v) is 4.91. The molecular weight excluding hydrogens is 254 g/mol. The summed E-state index contributed by atoms with van der Waals surface area (Å²) in [5.74, 6) is 1.99. The molecule has 0 saturated heterocycles. The number of para-hydroxylation sites is 1. The molecule has 0 spiro atoms. The van der Waals surface area contributed by atoms with Gasteiger partial charge in [-0.1, -0.05) is 31.0 Å². The van der Waals surface area contributed by atoms with Gasteiger partial charge < -0.3 is 9.64 Å². The van der Waals surface area contributed by atoms with Gasteiger partial charge >= 0.3 is 0 Å². The second-order valence-electron chi connectivity index (χ2n) is 5.85. The van der Waals surface area contributed by atoms with Crippen molar-refractivity contribution < 1.29 is 4.74 Å². The average molecular weight is 279 g/mol. The molecular formula is C16H25NOS. The highest BCUT2D eigenvalue weighted by Gasteiger charge is 2.33. The van der Waals surface area contributed by atoms with Crippen molar-refractivity contribution in [1.29, 1.82) is 0 Å². The summed E-state index contributed by atoms with van der Waals surface area (Å²) in [7, 11) is 3.95. The largest absolute Gasteiger partial charge is 0.496 e. The summed E-state index contributed by atoms with van der Waals surface area (Å²) in [6, 6.07) is 8.29. The Morgan fingerprint density at radius 1 is 1.26 bits per heavy atom. The van der Waals surface area contributed by atoms with Gasteiger partial charge in [0.25, 0.3) is 0 Å². The van der Waals surface area contributed by atoms with Gasteiger partial charge in [-0.05, 0) is 37.1 Å². The standard InChI is InChI=1S/C16H25NOS/c1-17(12-16(13-19)9-5-6-10-16)11-14-7-3-4-8-15(14)18-2/h3-4,7-8,19H,5-6,9-13H2,1-2H3. The molecule has 1 aromatic carbocycles. The summed E-state index contributed by atoms with van der Waals surface area (Å²) in [4.78, 5) is 2.42. The van der Waals surface area contributed by atoms with Crippen molar-refractivity contribution in [2.24, 2.45) is 5.41 Å². The highest BCUT2D eigenvalue weighted by molar-refractivity contribution is 7.80. The molecule has 1 saturated carbocycles. The molecule has 1 aliphatic rings. The third-order valence-electron chi connectivity index (χ3n) is 4.24. The first-order valence-electron chi connectivity index (χ1n) is 7.10. The second kappa shape index (κ2) is 6.67. The quantitative estimate of drug-likeness (QED) is 0.799. The van der Waals surface area contributed by atoms with Crippen LogP contribution in [0.3, 0.4) is 0 Å². The molecule has 1 aromatic rings. The topological polar surface area (TPSA) is 12.5 Å². The molecule has 0 aliphatic heterocycles. The van der Waals surface area contributed by atoms with Gasteiger partial charge in [-0.15, -0.1) is 0 Å². The predicted octanol–water partition coefficient (Wildman–Crippen LogP) is 3.62. The van der Waals surface area contributed by atoms with Crippen LogP contribution < -0.4 is 4.74 Å². The minimum absolute atomic E-state index is 0.430. The molecule has 0 heterocycles. The Morgan fingerprint density at radius 2 is 1.95 bits per heavy atom. The fourth-order valence-electron chi connectivity index (χ4n) is 3.24. The van der Waals surface area contributed by atoms with E-state index in [2.05, 4.69) is 36.7 Å². The number of thiol groups is 1. The summed E-state index contributed by atoms with van der Waals surface area (Å²) in [5, 5.41) is 0. The highest BCUT2D eigenvalue weighted by Crippen LogP contribution is 2.39. The average Bonchev–Trinajstić information content (AvgIpc) is 2.88. The predicted molar refractivity (Wildman–Crippen MR) is 84.1 cm³/mol. The van der Waals surface area contributed by atoms with Gasteiger partial charge in [-0.3, -0.25) is 0 Å². The van der Waals surface area contributed by atoms with Crippen LogP contribution in [0.5, 0.6) is 5.75 Å². The van der Waals surface area contributed by atoms with Crippen LogP contribution in [0.1, 0.15) is 31.2 Å². The fourth-order valence-corrected chi connectivity index (χ4v) is 3.66. The molecule has 0 radical (unpaired) electrons. The van der Waals surface area contributed by atoms with Crippen LogP contribution in [0.15, 0.2) is 24.3 Å². The lowest BCUT2D eigenvalue weighted by molar-refractivity contribution is 0.194. The van der Waals surface area contributed by atoms with E-state index >= 15 is 0 Å². The molecule has 19 heavy (non-hydrogen) atoms. The maximum Gasteiger partial charge on any atom is 0.123 e. The van der Waals surface area contributed by atoms with E-state index in [-0.39, 0.29) is 0 Å². The lowest BCUT2D eigenvalue weighted by Gasteiger charge is -2.32. The maximum atomic E-state index is 5.43. The van der Waals surface area contributed by atoms with Crippen LogP contribution in [0, 0.1) is 5.41 Å². The van der Waals surface area contributed by atoms with Crippen molar-refractivity contribution in [2.45, 2.75) is 32.2 Å². The Kier molecular flexibility index (Phi) is 5.17. The van der Waals surface area contributed by atoms with Crippen LogP contribution in [-0.4, -0.2) is 31.4 Å². The van der Waals surface area contributed by atoms with Crippen molar-refractivity contribution in [2.75, 3.05) is 26.5 Å². The van der Waals surface area contributed by atoms with Crippen molar-refractivity contribution >= 4 is 12.6 Å². The van der Waals surface area contributed by atoms with Gasteiger partial charge in [0.2, 0.25) is 0 Å². The lowest BCUT2D eigenvalue weighted by Crippen LogP contribution is -2.34. The first-order chi connectivity index (χ1) is 9.19. The second-order valence-corrected chi connectivity index (χ2v) is 6.17. The SMILES string of the molecule is COc1ccccc1CN(C)CC1(CS)CCCC1. The van der Waals surface area contributed by atoms with Gasteiger partial charge in [0.05, 0.1) is 7.11 Å². The van der Waals surface area contributed by atoms with E-state index in [1.54, 1.807) is 7.11 Å². The van der Waals surface area contributed by atoms with Crippen molar-refractivity contribution in [3.05, 3.63) is 29.8 Å². The number of nitrogens with zero attached hydrogens (tertiary/aromatic N) is 1. The number of methoxy groups -OCH3 is 1. The fraction of sp³-hybridized carbons (Fsp3) is 0.625. The normalized spacial score (nSPS) is 17.9. The molecule has 0 atom stereocenters. The van der Waals surface area contributed by atoms with Crippen LogP contribution in [0.2, 0.25) is 0 Å². The van der Waals surface area contributed by atoms with Gasteiger partial charge in [0.1, 0.15) is 5.75 Å². The molecule has 0 unspecified atom stereocenters. The minimum atomic E-state index is 0.430. The zero-order chi connectivity index (χ0) is 13.7. The smallest absolute Gasteiger partial charge is 0.123 e. The van der Waals surface area contributed by atoms with E-state index in [0.29, 0.717) is 5.41 Å². The van der Waals surface area contributed by atoms with Crippen molar-refractivity contribution in [3.63, 3.8) is 0 Å². The number of rotatable bonds is 6. The molecule has 2 nitrogen and oxygen atoms in total. The first kappa shape index (κ1) is 14.7. The molecule has 106 valence electrons. The molecule has 2 rings (SSSR count). The summed E-state index contributed by atoms with van der Waals surface area (Å²) >= 11 is 4.59. The van der Waals surface area contributed by atoms with Crippen molar-refractivity contribution in [3.8, 4) is 5.75 Å². The zero-order valence-electron chi connectivity index (χ0n) is 12.1. The van der Waals surface area contributed by atoms with Gasteiger partial charge in [0, 0.05) is 18.7 Å². The van der Waals surface area contributed by atoms with E-state index in [1.165, 1.54) is 31.2 Å². The van der Waals surface area contributed by atoms with Crippen LogP contribution in [-0.2, 0) is 6.54 Å². The first-order valence-corrected chi connectivity index (χ1v) is 7.74. The summed E-state index contributed by atoms with van der Waals surface area (Å²) in [5.41, 5.74) is 1.69. The molecule has 1 fully saturated rings. The number of hydrogen-bond acceptors (Lipinski definition) is 3. The number of hydrogen-bond donors (Lipinski definition) is 1. The van der Waals surface area contributed by atoms with Crippen molar-refractivity contribution in [1.82, 2.24) is 4.90 Å². The van der Waals surface area contributed by atoms with Gasteiger partial charge in [-0.2, -0.15) is 12.6 Å². The Bertz CT molecular complexity index is 401. The minimum Gasteiger partial charge on any atom is -0.496 e. The van der Waals surface area contributed by atoms with E-state index < -0.39 is 0 Å². The molecule has 0 amide bonds.